The highest BCUT2D eigenvalue weighted by Gasteiger charge is 2.36. The van der Waals surface area contributed by atoms with Gasteiger partial charge < -0.3 is 10.4 Å². The Bertz CT molecular complexity index is 227. The molecule has 13 heavy (non-hydrogen) atoms. The van der Waals surface area contributed by atoms with E-state index >= 15 is 0 Å². The van der Waals surface area contributed by atoms with Crippen molar-refractivity contribution in [1.29, 1.82) is 0 Å². The molecule has 1 saturated heterocycles. The van der Waals surface area contributed by atoms with E-state index in [0.29, 0.717) is 6.42 Å². The van der Waals surface area contributed by atoms with Crippen LogP contribution in [0.2, 0.25) is 0 Å². The van der Waals surface area contributed by atoms with E-state index in [-0.39, 0.29) is 12.5 Å². The minimum absolute atomic E-state index is 0.0706. The average molecular weight is 186 g/mol. The Labute approximate surface area is 76.7 Å². The summed E-state index contributed by atoms with van der Waals surface area (Å²) < 4.78 is 0. The first kappa shape index (κ1) is 9.98. The summed E-state index contributed by atoms with van der Waals surface area (Å²) in [5.74, 6) is -0.242. The van der Waals surface area contributed by atoms with Crippen molar-refractivity contribution < 1.29 is 14.7 Å². The first-order valence-corrected chi connectivity index (χ1v) is 4.36. The lowest BCUT2D eigenvalue weighted by Gasteiger charge is -2.14. The lowest BCUT2D eigenvalue weighted by atomic mass is 10.2. The van der Waals surface area contributed by atoms with Crippen molar-refractivity contribution in [3.8, 4) is 0 Å². The molecule has 5 heteroatoms. The van der Waals surface area contributed by atoms with Crippen LogP contribution in [0.1, 0.15) is 20.3 Å². The quantitative estimate of drug-likeness (QED) is 0.594. The number of nitrogens with one attached hydrogen (secondary N) is 1. The van der Waals surface area contributed by atoms with Crippen LogP contribution in [0.25, 0.3) is 0 Å². The number of carbonyl (C=O) groups excluding carboxylic acids is 2. The Morgan fingerprint density at radius 1 is 1.62 bits per heavy atom. The number of imide groups is 1. The monoisotopic (exact) mass is 186 g/mol. The van der Waals surface area contributed by atoms with E-state index in [1.54, 1.807) is 6.92 Å². The predicted molar refractivity (Wildman–Crippen MR) is 46.0 cm³/mol. The van der Waals surface area contributed by atoms with Gasteiger partial charge in [0.15, 0.2) is 0 Å². The van der Waals surface area contributed by atoms with Crippen molar-refractivity contribution >= 4 is 11.9 Å². The molecule has 0 spiro atoms. The van der Waals surface area contributed by atoms with Crippen LogP contribution < -0.4 is 5.32 Å². The molecule has 3 amide bonds. The maximum atomic E-state index is 11.4. The smallest absolute Gasteiger partial charge is 0.324 e. The molecule has 2 N–H and O–H groups in total. The largest absolute Gasteiger partial charge is 0.392 e. The van der Waals surface area contributed by atoms with Crippen LogP contribution in [0.4, 0.5) is 4.79 Å². The molecule has 1 aliphatic rings. The van der Waals surface area contributed by atoms with Crippen molar-refractivity contribution in [3.05, 3.63) is 0 Å². The SMILES string of the molecule is CCC1NC(=O)N(CC(C)O)C1=O. The fourth-order valence-corrected chi connectivity index (χ4v) is 1.29. The molecule has 0 radical (unpaired) electrons. The lowest BCUT2D eigenvalue weighted by molar-refractivity contribution is -0.128. The highest BCUT2D eigenvalue weighted by atomic mass is 16.3. The van der Waals surface area contributed by atoms with Gasteiger partial charge in [0.05, 0.1) is 12.6 Å². The van der Waals surface area contributed by atoms with Crippen molar-refractivity contribution in [3.63, 3.8) is 0 Å². The molecule has 5 nitrogen and oxygen atoms in total. The zero-order valence-electron chi connectivity index (χ0n) is 7.78. The van der Waals surface area contributed by atoms with Crippen LogP contribution >= 0.6 is 0 Å². The molecule has 1 heterocycles. The Morgan fingerprint density at radius 2 is 2.23 bits per heavy atom. The van der Waals surface area contributed by atoms with Gasteiger partial charge in [0.25, 0.3) is 5.91 Å². The maximum Gasteiger partial charge on any atom is 0.324 e. The molecule has 0 saturated carbocycles. The van der Waals surface area contributed by atoms with E-state index in [0.717, 1.165) is 4.90 Å². The summed E-state index contributed by atoms with van der Waals surface area (Å²) in [5.41, 5.74) is 0. The third kappa shape index (κ3) is 1.98. The molecule has 2 atom stereocenters. The van der Waals surface area contributed by atoms with Gasteiger partial charge >= 0.3 is 6.03 Å². The number of aliphatic hydroxyl groups is 1. The van der Waals surface area contributed by atoms with Crippen LogP contribution in [-0.4, -0.2) is 40.6 Å². The summed E-state index contributed by atoms with van der Waals surface area (Å²) in [6, 6.07) is -0.816. The predicted octanol–water partition coefficient (Wildman–Crippen LogP) is -0.302. The molecule has 0 aromatic carbocycles. The Balaban J connectivity index is 2.65. The summed E-state index contributed by atoms with van der Waals surface area (Å²) in [6.45, 7) is 3.44. The maximum absolute atomic E-state index is 11.4. The van der Waals surface area contributed by atoms with E-state index in [1.165, 1.54) is 0 Å². The lowest BCUT2D eigenvalue weighted by Crippen LogP contribution is -2.36. The fourth-order valence-electron chi connectivity index (χ4n) is 1.29. The Kier molecular flexibility index (Phi) is 2.87. The van der Waals surface area contributed by atoms with E-state index < -0.39 is 18.2 Å². The molecule has 1 rings (SSSR count). The van der Waals surface area contributed by atoms with Gasteiger partial charge in [0, 0.05) is 0 Å². The second-order valence-corrected chi connectivity index (χ2v) is 3.21. The zero-order valence-corrected chi connectivity index (χ0v) is 7.78. The average Bonchev–Trinajstić information content (AvgIpc) is 2.31. The first-order chi connectivity index (χ1) is 6.06. The fraction of sp³-hybridized carbons (Fsp3) is 0.750. The molecule has 2 unspecified atom stereocenters. The first-order valence-electron chi connectivity index (χ1n) is 4.36. The van der Waals surface area contributed by atoms with E-state index in [2.05, 4.69) is 5.32 Å². The van der Waals surface area contributed by atoms with Crippen molar-refractivity contribution in [2.24, 2.45) is 0 Å². The van der Waals surface area contributed by atoms with Crippen molar-refractivity contribution in [2.45, 2.75) is 32.4 Å². The molecule has 0 aromatic rings. The summed E-state index contributed by atoms with van der Waals surface area (Å²) in [6.07, 6.45) is -0.0914. The van der Waals surface area contributed by atoms with E-state index in [1.807, 2.05) is 6.92 Å². The van der Waals surface area contributed by atoms with Gasteiger partial charge in [-0.15, -0.1) is 0 Å². The number of hydrogen-bond donors (Lipinski definition) is 2. The number of nitrogens with zero attached hydrogens (tertiary/aromatic N) is 1. The van der Waals surface area contributed by atoms with Gasteiger partial charge in [-0.3, -0.25) is 9.69 Å². The molecule has 74 valence electrons. The molecule has 0 aromatic heterocycles. The highest BCUT2D eigenvalue weighted by Crippen LogP contribution is 2.09. The second kappa shape index (κ2) is 3.74. The molecule has 1 aliphatic heterocycles. The van der Waals surface area contributed by atoms with Gasteiger partial charge in [-0.1, -0.05) is 6.92 Å². The van der Waals surface area contributed by atoms with Gasteiger partial charge in [-0.2, -0.15) is 0 Å². The number of hydrogen-bond acceptors (Lipinski definition) is 3. The van der Waals surface area contributed by atoms with E-state index in [9.17, 15) is 9.59 Å². The van der Waals surface area contributed by atoms with Crippen molar-refractivity contribution in [1.82, 2.24) is 10.2 Å². The number of amides is 3. The number of urea groups is 1. The van der Waals surface area contributed by atoms with Crippen LogP contribution in [0, 0.1) is 0 Å². The Morgan fingerprint density at radius 3 is 2.62 bits per heavy atom. The second-order valence-electron chi connectivity index (χ2n) is 3.21. The topological polar surface area (TPSA) is 69.6 Å². The molecular weight excluding hydrogens is 172 g/mol. The summed E-state index contributed by atoms with van der Waals surface area (Å²) in [4.78, 5) is 23.6. The zero-order chi connectivity index (χ0) is 10.0. The number of β-amino-alcohol motifs (C(OH)–C–C–N with tert-alkyl or cyclic N) is 1. The number of aliphatic hydroxyl groups excluding tert-OH is 1. The van der Waals surface area contributed by atoms with Crippen LogP contribution in [0.15, 0.2) is 0 Å². The minimum atomic E-state index is -0.676. The summed E-state index contributed by atoms with van der Waals surface area (Å²) in [5, 5.41) is 11.6. The molecule has 0 bridgehead atoms. The standard InChI is InChI=1S/C8H14N2O3/c1-3-6-7(12)10(4-5(2)11)8(13)9-6/h5-6,11H,3-4H2,1-2H3,(H,9,13). The van der Waals surface area contributed by atoms with Gasteiger partial charge in [0.1, 0.15) is 6.04 Å². The van der Waals surface area contributed by atoms with Crippen molar-refractivity contribution in [2.75, 3.05) is 6.54 Å². The molecule has 1 fully saturated rings. The third-order valence-corrected chi connectivity index (χ3v) is 1.96. The third-order valence-electron chi connectivity index (χ3n) is 1.96. The van der Waals surface area contributed by atoms with Gasteiger partial charge in [-0.05, 0) is 13.3 Å². The minimum Gasteiger partial charge on any atom is -0.392 e. The highest BCUT2D eigenvalue weighted by molar-refractivity contribution is 6.04. The molecule has 0 aliphatic carbocycles. The number of rotatable bonds is 3. The van der Waals surface area contributed by atoms with Crippen LogP contribution in [0.5, 0.6) is 0 Å². The Hall–Kier alpha value is -1.10. The summed E-state index contributed by atoms with van der Waals surface area (Å²) in [7, 11) is 0. The van der Waals surface area contributed by atoms with Crippen LogP contribution in [-0.2, 0) is 4.79 Å². The van der Waals surface area contributed by atoms with Crippen LogP contribution in [0.3, 0.4) is 0 Å². The normalized spacial score (nSPS) is 24.8. The van der Waals surface area contributed by atoms with E-state index in [4.69, 9.17) is 5.11 Å². The number of carbonyl (C=O) groups is 2. The van der Waals surface area contributed by atoms with Gasteiger partial charge in [0.2, 0.25) is 0 Å². The molecular formula is C8H14N2O3. The summed E-state index contributed by atoms with van der Waals surface area (Å²) >= 11 is 0. The van der Waals surface area contributed by atoms with Gasteiger partial charge in [-0.25, -0.2) is 4.79 Å².